The molecule has 4 heteroatoms. The molecule has 0 atom stereocenters. The van der Waals surface area contributed by atoms with Gasteiger partial charge in [-0.2, -0.15) is 0 Å². The summed E-state index contributed by atoms with van der Waals surface area (Å²) < 4.78 is 13.4. The molecule has 116 valence electrons. The standard InChI is InChI=1S/C18H21FN2O/c1-14-5-4-7-16(13-14)20-12-10-18(22)21-11-9-15-6-2-3-8-17(15)19/h2-8,13,20H,9-12H2,1H3,(H,21,22). The number of hydrogen-bond acceptors (Lipinski definition) is 2. The fraction of sp³-hybridized carbons (Fsp3) is 0.278. The Hall–Kier alpha value is -2.36. The Morgan fingerprint density at radius 1 is 1.09 bits per heavy atom. The van der Waals surface area contributed by atoms with E-state index < -0.39 is 0 Å². The van der Waals surface area contributed by atoms with E-state index in [0.717, 1.165) is 5.69 Å². The Labute approximate surface area is 130 Å². The van der Waals surface area contributed by atoms with Crippen molar-refractivity contribution < 1.29 is 9.18 Å². The highest BCUT2D eigenvalue weighted by atomic mass is 19.1. The van der Waals surface area contributed by atoms with E-state index in [1.165, 1.54) is 11.6 Å². The molecule has 0 aliphatic heterocycles. The van der Waals surface area contributed by atoms with Crippen LogP contribution in [0.5, 0.6) is 0 Å². The molecule has 0 bridgehead atoms. The van der Waals surface area contributed by atoms with E-state index in [1.807, 2.05) is 31.2 Å². The van der Waals surface area contributed by atoms with Crippen molar-refractivity contribution in [2.75, 3.05) is 18.4 Å². The van der Waals surface area contributed by atoms with Crippen molar-refractivity contribution in [2.24, 2.45) is 0 Å². The smallest absolute Gasteiger partial charge is 0.221 e. The van der Waals surface area contributed by atoms with Gasteiger partial charge >= 0.3 is 0 Å². The van der Waals surface area contributed by atoms with Crippen LogP contribution in [0.1, 0.15) is 17.5 Å². The number of nitrogens with one attached hydrogen (secondary N) is 2. The largest absolute Gasteiger partial charge is 0.385 e. The van der Waals surface area contributed by atoms with Gasteiger partial charge < -0.3 is 10.6 Å². The van der Waals surface area contributed by atoms with Crippen LogP contribution in [0.25, 0.3) is 0 Å². The van der Waals surface area contributed by atoms with Crippen molar-refractivity contribution in [2.45, 2.75) is 19.8 Å². The van der Waals surface area contributed by atoms with Crippen LogP contribution in [0.2, 0.25) is 0 Å². The zero-order chi connectivity index (χ0) is 15.8. The Kier molecular flexibility index (Phi) is 5.95. The molecule has 0 spiro atoms. The quantitative estimate of drug-likeness (QED) is 0.824. The van der Waals surface area contributed by atoms with Gasteiger partial charge in [-0.3, -0.25) is 4.79 Å². The van der Waals surface area contributed by atoms with E-state index in [-0.39, 0.29) is 11.7 Å². The number of amides is 1. The lowest BCUT2D eigenvalue weighted by atomic mass is 10.1. The Morgan fingerprint density at radius 2 is 1.91 bits per heavy atom. The molecule has 2 N–H and O–H groups in total. The first-order valence-electron chi connectivity index (χ1n) is 7.46. The first kappa shape index (κ1) is 16.0. The van der Waals surface area contributed by atoms with Gasteiger partial charge in [-0.15, -0.1) is 0 Å². The van der Waals surface area contributed by atoms with Gasteiger partial charge in [-0.1, -0.05) is 30.3 Å². The second-order valence-corrected chi connectivity index (χ2v) is 5.24. The fourth-order valence-electron chi connectivity index (χ4n) is 2.20. The minimum absolute atomic E-state index is 0.0310. The lowest BCUT2D eigenvalue weighted by molar-refractivity contribution is -0.120. The summed E-state index contributed by atoms with van der Waals surface area (Å²) in [5, 5.41) is 6.02. The molecule has 2 aromatic rings. The third-order valence-electron chi connectivity index (χ3n) is 3.37. The van der Waals surface area contributed by atoms with Crippen LogP contribution in [0, 0.1) is 12.7 Å². The van der Waals surface area contributed by atoms with Gasteiger partial charge in [0.2, 0.25) is 5.91 Å². The van der Waals surface area contributed by atoms with Crippen molar-refractivity contribution in [1.82, 2.24) is 5.32 Å². The molecule has 0 aliphatic carbocycles. The Bertz CT molecular complexity index is 628. The number of aryl methyl sites for hydroxylation is 1. The maximum atomic E-state index is 13.4. The average Bonchev–Trinajstić information content (AvgIpc) is 2.49. The normalized spacial score (nSPS) is 10.3. The fourth-order valence-corrected chi connectivity index (χ4v) is 2.20. The molecular formula is C18H21FN2O. The van der Waals surface area contributed by atoms with Crippen LogP contribution in [0.4, 0.5) is 10.1 Å². The van der Waals surface area contributed by atoms with E-state index in [4.69, 9.17) is 0 Å². The highest BCUT2D eigenvalue weighted by Gasteiger charge is 2.03. The number of halogens is 1. The lowest BCUT2D eigenvalue weighted by Crippen LogP contribution is -2.27. The van der Waals surface area contributed by atoms with Crippen LogP contribution in [-0.2, 0) is 11.2 Å². The van der Waals surface area contributed by atoms with E-state index in [0.29, 0.717) is 31.5 Å². The van der Waals surface area contributed by atoms with E-state index >= 15 is 0 Å². The molecule has 0 fully saturated rings. The minimum Gasteiger partial charge on any atom is -0.385 e. The second kappa shape index (κ2) is 8.17. The van der Waals surface area contributed by atoms with Gasteiger partial charge in [0.1, 0.15) is 5.82 Å². The third kappa shape index (κ3) is 5.20. The van der Waals surface area contributed by atoms with E-state index in [1.54, 1.807) is 18.2 Å². The summed E-state index contributed by atoms with van der Waals surface area (Å²) in [6, 6.07) is 14.6. The zero-order valence-corrected chi connectivity index (χ0v) is 12.7. The summed E-state index contributed by atoms with van der Waals surface area (Å²) >= 11 is 0. The van der Waals surface area contributed by atoms with Crippen molar-refractivity contribution >= 4 is 11.6 Å². The molecule has 1 amide bonds. The third-order valence-corrected chi connectivity index (χ3v) is 3.37. The van der Waals surface area contributed by atoms with Crippen molar-refractivity contribution in [1.29, 1.82) is 0 Å². The van der Waals surface area contributed by atoms with Crippen molar-refractivity contribution in [3.63, 3.8) is 0 Å². The predicted molar refractivity (Wildman–Crippen MR) is 87.4 cm³/mol. The molecular weight excluding hydrogens is 279 g/mol. The number of benzene rings is 2. The maximum absolute atomic E-state index is 13.4. The number of carbonyl (C=O) groups excluding carboxylic acids is 1. The van der Waals surface area contributed by atoms with Crippen LogP contribution in [0.15, 0.2) is 48.5 Å². The summed E-state index contributed by atoms with van der Waals surface area (Å²) in [5.41, 5.74) is 2.82. The predicted octanol–water partition coefficient (Wildman–Crippen LogP) is 3.30. The second-order valence-electron chi connectivity index (χ2n) is 5.24. The molecule has 2 aromatic carbocycles. The molecule has 0 radical (unpaired) electrons. The summed E-state index contributed by atoms with van der Waals surface area (Å²) in [5.74, 6) is -0.255. The van der Waals surface area contributed by atoms with Gasteiger partial charge in [-0.25, -0.2) is 4.39 Å². The van der Waals surface area contributed by atoms with Gasteiger partial charge in [0.15, 0.2) is 0 Å². The summed E-state index contributed by atoms with van der Waals surface area (Å²) in [7, 11) is 0. The molecule has 0 saturated carbocycles. The number of anilines is 1. The van der Waals surface area contributed by atoms with Crippen LogP contribution >= 0.6 is 0 Å². The van der Waals surface area contributed by atoms with Gasteiger partial charge in [0.05, 0.1) is 0 Å². The topological polar surface area (TPSA) is 41.1 Å². The van der Waals surface area contributed by atoms with Crippen LogP contribution in [-0.4, -0.2) is 19.0 Å². The van der Waals surface area contributed by atoms with Crippen molar-refractivity contribution in [3.8, 4) is 0 Å². The highest BCUT2D eigenvalue weighted by Crippen LogP contribution is 2.09. The molecule has 0 unspecified atom stereocenters. The molecule has 0 saturated heterocycles. The van der Waals surface area contributed by atoms with Crippen molar-refractivity contribution in [3.05, 3.63) is 65.5 Å². The first-order valence-corrected chi connectivity index (χ1v) is 7.46. The lowest BCUT2D eigenvalue weighted by Gasteiger charge is -2.08. The van der Waals surface area contributed by atoms with Crippen LogP contribution < -0.4 is 10.6 Å². The highest BCUT2D eigenvalue weighted by molar-refractivity contribution is 5.76. The summed E-state index contributed by atoms with van der Waals surface area (Å²) in [6.45, 7) is 3.06. The molecule has 0 heterocycles. The molecule has 0 aliphatic rings. The average molecular weight is 300 g/mol. The van der Waals surface area contributed by atoms with E-state index in [9.17, 15) is 9.18 Å². The Morgan fingerprint density at radius 3 is 2.68 bits per heavy atom. The Balaban J connectivity index is 1.65. The molecule has 0 aromatic heterocycles. The van der Waals surface area contributed by atoms with Gasteiger partial charge in [0.25, 0.3) is 0 Å². The maximum Gasteiger partial charge on any atom is 0.221 e. The molecule has 3 nitrogen and oxygen atoms in total. The number of hydrogen-bond donors (Lipinski definition) is 2. The summed E-state index contributed by atoms with van der Waals surface area (Å²) in [4.78, 5) is 11.7. The minimum atomic E-state index is -0.224. The zero-order valence-electron chi connectivity index (χ0n) is 12.7. The SMILES string of the molecule is Cc1cccc(NCCC(=O)NCCc2ccccc2F)c1. The monoisotopic (exact) mass is 300 g/mol. The van der Waals surface area contributed by atoms with Crippen LogP contribution in [0.3, 0.4) is 0 Å². The van der Waals surface area contributed by atoms with E-state index in [2.05, 4.69) is 10.6 Å². The van der Waals surface area contributed by atoms with Gasteiger partial charge in [0, 0.05) is 25.2 Å². The number of rotatable bonds is 7. The molecule has 2 rings (SSSR count). The summed E-state index contributed by atoms with van der Waals surface area (Å²) in [6.07, 6.45) is 0.898. The molecule has 22 heavy (non-hydrogen) atoms. The van der Waals surface area contributed by atoms with Gasteiger partial charge in [-0.05, 0) is 42.7 Å². The first-order chi connectivity index (χ1) is 10.6. The number of carbonyl (C=O) groups is 1.